The summed E-state index contributed by atoms with van der Waals surface area (Å²) in [6, 6.07) is 0. The van der Waals surface area contributed by atoms with E-state index in [9.17, 15) is 4.79 Å². The molecule has 11 heavy (non-hydrogen) atoms. The van der Waals surface area contributed by atoms with Crippen molar-refractivity contribution in [1.82, 2.24) is 0 Å². The lowest BCUT2D eigenvalue weighted by Gasteiger charge is -1.97. The van der Waals surface area contributed by atoms with Crippen molar-refractivity contribution in [2.45, 2.75) is 12.8 Å². The van der Waals surface area contributed by atoms with Crippen LogP contribution < -0.4 is 0 Å². The molecule has 0 unspecified atom stereocenters. The number of aliphatic hydroxyl groups is 1. The predicted octanol–water partition coefficient (Wildman–Crippen LogP) is 1.90. The Morgan fingerprint density at radius 2 is 2.18 bits per heavy atom. The Labute approximate surface area is 65.5 Å². The van der Waals surface area contributed by atoms with Crippen LogP contribution in [0.15, 0.2) is 36.1 Å². The summed E-state index contributed by atoms with van der Waals surface area (Å²) in [4.78, 5) is 11.1. The van der Waals surface area contributed by atoms with Crippen molar-refractivity contribution in [2.24, 2.45) is 0 Å². The first-order valence-corrected chi connectivity index (χ1v) is 3.44. The Balaban J connectivity index is 3.09. The maximum atomic E-state index is 11.1. The third-order valence-electron chi connectivity index (χ3n) is 1.76. The molecule has 0 heterocycles. The molecule has 58 valence electrons. The van der Waals surface area contributed by atoms with Gasteiger partial charge in [0.25, 0.3) is 0 Å². The van der Waals surface area contributed by atoms with E-state index in [0.29, 0.717) is 18.4 Å². The van der Waals surface area contributed by atoms with Gasteiger partial charge in [-0.15, -0.1) is 0 Å². The van der Waals surface area contributed by atoms with Crippen molar-refractivity contribution >= 4 is 5.78 Å². The number of ketones is 1. The van der Waals surface area contributed by atoms with Crippen LogP contribution in [0.1, 0.15) is 12.8 Å². The van der Waals surface area contributed by atoms with Gasteiger partial charge in [-0.05, 0) is 12.0 Å². The van der Waals surface area contributed by atoms with E-state index >= 15 is 0 Å². The number of carbonyl (C=O) groups excluding carboxylic acids is 1. The molecule has 0 saturated heterocycles. The first-order valence-electron chi connectivity index (χ1n) is 3.44. The summed E-state index contributed by atoms with van der Waals surface area (Å²) in [5, 5.41) is 9.00. The average molecular weight is 150 g/mol. The van der Waals surface area contributed by atoms with Crippen molar-refractivity contribution in [3.63, 3.8) is 0 Å². The third kappa shape index (κ3) is 1.24. The van der Waals surface area contributed by atoms with Crippen LogP contribution in [0, 0.1) is 0 Å². The Hall–Kier alpha value is -1.31. The van der Waals surface area contributed by atoms with Crippen molar-refractivity contribution in [3.8, 4) is 0 Å². The lowest BCUT2D eigenvalue weighted by atomic mass is 10.1. The van der Waals surface area contributed by atoms with Gasteiger partial charge in [0.2, 0.25) is 0 Å². The molecule has 0 atom stereocenters. The summed E-state index contributed by atoms with van der Waals surface area (Å²) in [5.74, 6) is -0.171. The SMILES string of the molecule is C=CC1=C(C(=C)O)C(=O)CC1. The van der Waals surface area contributed by atoms with Gasteiger partial charge in [-0.25, -0.2) is 0 Å². The van der Waals surface area contributed by atoms with Gasteiger partial charge in [0, 0.05) is 6.42 Å². The van der Waals surface area contributed by atoms with Crippen molar-refractivity contribution < 1.29 is 9.90 Å². The van der Waals surface area contributed by atoms with Crippen LogP contribution in [0.5, 0.6) is 0 Å². The smallest absolute Gasteiger partial charge is 0.167 e. The van der Waals surface area contributed by atoms with Gasteiger partial charge in [0.15, 0.2) is 5.78 Å². The molecule has 1 N–H and O–H groups in total. The highest BCUT2D eigenvalue weighted by molar-refractivity contribution is 6.02. The number of hydrogen-bond donors (Lipinski definition) is 1. The minimum absolute atomic E-state index is 0.0348. The van der Waals surface area contributed by atoms with Gasteiger partial charge in [-0.2, -0.15) is 0 Å². The fourth-order valence-corrected chi connectivity index (χ4v) is 1.23. The van der Waals surface area contributed by atoms with Gasteiger partial charge < -0.3 is 5.11 Å². The largest absolute Gasteiger partial charge is 0.508 e. The minimum atomic E-state index is -0.137. The van der Waals surface area contributed by atoms with Crippen molar-refractivity contribution in [1.29, 1.82) is 0 Å². The van der Waals surface area contributed by atoms with E-state index in [1.54, 1.807) is 6.08 Å². The monoisotopic (exact) mass is 150 g/mol. The topological polar surface area (TPSA) is 37.3 Å². The molecular formula is C9H10O2. The first-order chi connectivity index (χ1) is 5.16. The van der Waals surface area contributed by atoms with E-state index in [1.807, 2.05) is 0 Å². The molecule has 0 aromatic carbocycles. The zero-order chi connectivity index (χ0) is 8.43. The fourth-order valence-electron chi connectivity index (χ4n) is 1.23. The summed E-state index contributed by atoms with van der Waals surface area (Å²) < 4.78 is 0. The summed E-state index contributed by atoms with van der Waals surface area (Å²) in [5.41, 5.74) is 1.17. The molecule has 0 bridgehead atoms. The summed E-state index contributed by atoms with van der Waals surface area (Å²) in [6.07, 6.45) is 2.75. The Morgan fingerprint density at radius 3 is 2.55 bits per heavy atom. The maximum absolute atomic E-state index is 11.1. The molecule has 0 spiro atoms. The van der Waals surface area contributed by atoms with E-state index in [0.717, 1.165) is 5.57 Å². The van der Waals surface area contributed by atoms with E-state index < -0.39 is 0 Å². The molecule has 0 fully saturated rings. The summed E-state index contributed by atoms with van der Waals surface area (Å²) in [7, 11) is 0. The fraction of sp³-hybridized carbons (Fsp3) is 0.222. The van der Waals surface area contributed by atoms with Gasteiger partial charge in [-0.3, -0.25) is 4.79 Å². The molecule has 2 heteroatoms. The van der Waals surface area contributed by atoms with Crippen LogP contribution in [0.4, 0.5) is 0 Å². The minimum Gasteiger partial charge on any atom is -0.508 e. The first kappa shape index (κ1) is 7.79. The van der Waals surface area contributed by atoms with Gasteiger partial charge in [0.05, 0.1) is 5.57 Å². The third-order valence-corrected chi connectivity index (χ3v) is 1.76. The normalized spacial score (nSPS) is 17.3. The number of Topliss-reactive ketones (excluding diaryl/α,β-unsaturated/α-hetero) is 1. The average Bonchev–Trinajstić information content (AvgIpc) is 2.30. The highest BCUT2D eigenvalue weighted by Crippen LogP contribution is 2.26. The molecular weight excluding hydrogens is 140 g/mol. The maximum Gasteiger partial charge on any atom is 0.167 e. The molecule has 1 rings (SSSR count). The highest BCUT2D eigenvalue weighted by Gasteiger charge is 2.22. The van der Waals surface area contributed by atoms with Gasteiger partial charge in [0.1, 0.15) is 5.76 Å². The summed E-state index contributed by atoms with van der Waals surface area (Å²) in [6.45, 7) is 6.86. The second kappa shape index (κ2) is 2.74. The molecule has 0 amide bonds. The van der Waals surface area contributed by atoms with Crippen molar-refractivity contribution in [2.75, 3.05) is 0 Å². The van der Waals surface area contributed by atoms with E-state index in [-0.39, 0.29) is 11.5 Å². The molecule has 0 saturated carbocycles. The van der Waals surface area contributed by atoms with E-state index in [2.05, 4.69) is 13.2 Å². The Morgan fingerprint density at radius 1 is 1.55 bits per heavy atom. The van der Waals surface area contributed by atoms with Crippen LogP contribution in [0.2, 0.25) is 0 Å². The number of rotatable bonds is 2. The van der Waals surface area contributed by atoms with Crippen LogP contribution in [0.25, 0.3) is 0 Å². The number of hydrogen-bond acceptors (Lipinski definition) is 2. The molecule has 1 aliphatic carbocycles. The molecule has 0 aromatic rings. The number of allylic oxidation sites excluding steroid dienone is 3. The highest BCUT2D eigenvalue weighted by atomic mass is 16.3. The Kier molecular flexibility index (Phi) is 1.94. The molecule has 0 aliphatic heterocycles. The lowest BCUT2D eigenvalue weighted by molar-refractivity contribution is -0.114. The Bertz CT molecular complexity index is 259. The summed E-state index contributed by atoms with van der Waals surface area (Å²) >= 11 is 0. The molecule has 1 aliphatic rings. The van der Waals surface area contributed by atoms with Crippen LogP contribution >= 0.6 is 0 Å². The molecule has 0 radical (unpaired) electrons. The van der Waals surface area contributed by atoms with Crippen LogP contribution in [-0.4, -0.2) is 10.9 Å². The van der Waals surface area contributed by atoms with Crippen LogP contribution in [0.3, 0.4) is 0 Å². The van der Waals surface area contributed by atoms with Crippen molar-refractivity contribution in [3.05, 3.63) is 36.1 Å². The number of carbonyl (C=O) groups is 1. The van der Waals surface area contributed by atoms with Gasteiger partial charge >= 0.3 is 0 Å². The molecule has 2 nitrogen and oxygen atoms in total. The zero-order valence-corrected chi connectivity index (χ0v) is 6.26. The van der Waals surface area contributed by atoms with E-state index in [1.165, 1.54) is 0 Å². The second-order valence-corrected chi connectivity index (χ2v) is 2.47. The lowest BCUT2D eigenvalue weighted by Crippen LogP contribution is -1.98. The van der Waals surface area contributed by atoms with Crippen LogP contribution in [-0.2, 0) is 4.79 Å². The van der Waals surface area contributed by atoms with E-state index in [4.69, 9.17) is 5.11 Å². The zero-order valence-electron chi connectivity index (χ0n) is 6.26. The second-order valence-electron chi connectivity index (χ2n) is 2.47. The standard InChI is InChI=1S/C9H10O2/c1-3-7-4-5-8(11)9(7)6(2)10/h3,10H,1-2,4-5H2. The molecule has 0 aromatic heterocycles. The van der Waals surface area contributed by atoms with Gasteiger partial charge in [-0.1, -0.05) is 19.2 Å². The predicted molar refractivity (Wildman–Crippen MR) is 43.2 cm³/mol. The quantitative estimate of drug-likeness (QED) is 0.610. The number of aliphatic hydroxyl groups excluding tert-OH is 1.